The fourth-order valence-electron chi connectivity index (χ4n) is 2.38. The predicted octanol–water partition coefficient (Wildman–Crippen LogP) is 3.21. The lowest BCUT2D eigenvalue weighted by molar-refractivity contribution is 0.412. The Balaban J connectivity index is 2.15. The maximum Gasteiger partial charge on any atom is 0.137 e. The molecule has 0 atom stereocenters. The van der Waals surface area contributed by atoms with Crippen molar-refractivity contribution in [2.24, 2.45) is 0 Å². The highest BCUT2D eigenvalue weighted by atomic mass is 16.5. The normalized spacial score (nSPS) is 10.9. The van der Waals surface area contributed by atoms with Crippen LogP contribution in [0.25, 0.3) is 16.9 Å². The zero-order valence-electron chi connectivity index (χ0n) is 11.8. The number of benzene rings is 1. The summed E-state index contributed by atoms with van der Waals surface area (Å²) in [7, 11) is 1.68. The van der Waals surface area contributed by atoms with Gasteiger partial charge < -0.3 is 14.9 Å². The van der Waals surface area contributed by atoms with Gasteiger partial charge in [-0.3, -0.25) is 0 Å². The van der Waals surface area contributed by atoms with Gasteiger partial charge in [0.25, 0.3) is 0 Å². The Morgan fingerprint density at radius 1 is 1.15 bits per heavy atom. The molecule has 0 spiro atoms. The number of rotatable bonds is 2. The number of anilines is 1. The minimum atomic E-state index is 0.771. The third kappa shape index (κ3) is 1.90. The third-order valence-electron chi connectivity index (χ3n) is 3.61. The minimum Gasteiger partial charge on any atom is -0.496 e. The number of nitrogens with two attached hydrogens (primary N) is 1. The summed E-state index contributed by atoms with van der Waals surface area (Å²) in [5.41, 5.74) is 11.7. The molecule has 3 aromatic rings. The molecule has 0 fully saturated rings. The van der Waals surface area contributed by atoms with Gasteiger partial charge in [-0.25, -0.2) is 4.98 Å². The maximum atomic E-state index is 5.93. The molecular weight excluding hydrogens is 250 g/mol. The molecule has 1 aromatic carbocycles. The SMILES string of the molecule is COc1ccc(-c2cn3c(C)c(N)ccc3n2)cc1C. The van der Waals surface area contributed by atoms with Gasteiger partial charge in [0.05, 0.1) is 18.5 Å². The van der Waals surface area contributed by atoms with E-state index < -0.39 is 0 Å². The van der Waals surface area contributed by atoms with Gasteiger partial charge in [-0.2, -0.15) is 0 Å². The first-order chi connectivity index (χ1) is 9.60. The van der Waals surface area contributed by atoms with Crippen LogP contribution in [0.1, 0.15) is 11.3 Å². The van der Waals surface area contributed by atoms with Crippen LogP contribution in [0, 0.1) is 13.8 Å². The first kappa shape index (κ1) is 12.5. The second-order valence-corrected chi connectivity index (χ2v) is 4.91. The van der Waals surface area contributed by atoms with Gasteiger partial charge in [0.1, 0.15) is 11.4 Å². The van der Waals surface area contributed by atoms with Crippen LogP contribution in [0.3, 0.4) is 0 Å². The van der Waals surface area contributed by atoms with Gasteiger partial charge in [0, 0.05) is 17.5 Å². The quantitative estimate of drug-likeness (QED) is 0.775. The largest absolute Gasteiger partial charge is 0.496 e. The molecule has 0 bridgehead atoms. The summed E-state index contributed by atoms with van der Waals surface area (Å²) in [5, 5.41) is 0. The molecule has 20 heavy (non-hydrogen) atoms. The van der Waals surface area contributed by atoms with Crippen LogP contribution in [0.4, 0.5) is 5.69 Å². The van der Waals surface area contributed by atoms with Crippen molar-refractivity contribution in [3.8, 4) is 17.0 Å². The molecule has 0 saturated carbocycles. The Morgan fingerprint density at radius 3 is 2.65 bits per heavy atom. The first-order valence-electron chi connectivity index (χ1n) is 6.49. The number of hydrogen-bond donors (Lipinski definition) is 1. The molecule has 0 amide bonds. The summed E-state index contributed by atoms with van der Waals surface area (Å²) in [6, 6.07) is 9.89. The highest BCUT2D eigenvalue weighted by Gasteiger charge is 2.08. The van der Waals surface area contributed by atoms with Gasteiger partial charge in [-0.05, 0) is 49.7 Å². The fraction of sp³-hybridized carbons (Fsp3) is 0.188. The molecule has 0 aliphatic rings. The fourth-order valence-corrected chi connectivity index (χ4v) is 2.38. The van der Waals surface area contributed by atoms with Crippen LogP contribution >= 0.6 is 0 Å². The van der Waals surface area contributed by atoms with Crippen LogP contribution in [0.15, 0.2) is 36.5 Å². The highest BCUT2D eigenvalue weighted by Crippen LogP contribution is 2.26. The van der Waals surface area contributed by atoms with Crippen LogP contribution in [-0.4, -0.2) is 16.5 Å². The molecule has 2 heterocycles. The molecule has 0 aliphatic heterocycles. The molecule has 0 saturated heterocycles. The van der Waals surface area contributed by atoms with Crippen LogP contribution in [0.5, 0.6) is 5.75 Å². The Kier molecular flexibility index (Phi) is 2.86. The number of fused-ring (bicyclic) bond motifs is 1. The second kappa shape index (κ2) is 4.56. The average molecular weight is 267 g/mol. The van der Waals surface area contributed by atoms with Crippen molar-refractivity contribution in [2.45, 2.75) is 13.8 Å². The number of ether oxygens (including phenoxy) is 1. The monoisotopic (exact) mass is 267 g/mol. The van der Waals surface area contributed by atoms with Crippen LogP contribution in [-0.2, 0) is 0 Å². The van der Waals surface area contributed by atoms with Crippen LogP contribution < -0.4 is 10.5 Å². The Bertz CT molecular complexity index is 790. The Labute approximate surface area is 117 Å². The van der Waals surface area contributed by atoms with Gasteiger partial charge in [0.15, 0.2) is 0 Å². The molecule has 0 unspecified atom stereocenters. The molecule has 4 heteroatoms. The van der Waals surface area contributed by atoms with E-state index in [0.717, 1.165) is 39.6 Å². The van der Waals surface area contributed by atoms with E-state index in [-0.39, 0.29) is 0 Å². The van der Waals surface area contributed by atoms with Crippen molar-refractivity contribution in [1.29, 1.82) is 0 Å². The minimum absolute atomic E-state index is 0.771. The summed E-state index contributed by atoms with van der Waals surface area (Å²) in [4.78, 5) is 4.65. The lowest BCUT2D eigenvalue weighted by atomic mass is 10.1. The van der Waals surface area contributed by atoms with E-state index in [1.54, 1.807) is 7.11 Å². The molecule has 3 rings (SSSR count). The standard InChI is InChI=1S/C16H17N3O/c1-10-8-12(4-6-15(10)20-3)14-9-19-11(2)13(17)5-7-16(19)18-14/h4-9H,17H2,1-3H3. The van der Waals surface area contributed by atoms with Crippen molar-refractivity contribution < 1.29 is 4.74 Å². The molecule has 2 N–H and O–H groups in total. The molecule has 0 radical (unpaired) electrons. The van der Waals surface area contributed by atoms with E-state index >= 15 is 0 Å². The molecule has 2 aromatic heterocycles. The molecule has 4 nitrogen and oxygen atoms in total. The van der Waals surface area contributed by atoms with Crippen LogP contribution in [0.2, 0.25) is 0 Å². The number of hydrogen-bond acceptors (Lipinski definition) is 3. The highest BCUT2D eigenvalue weighted by molar-refractivity contribution is 5.66. The van der Waals surface area contributed by atoms with Crippen molar-refractivity contribution in [3.63, 3.8) is 0 Å². The lowest BCUT2D eigenvalue weighted by Gasteiger charge is -2.05. The van der Waals surface area contributed by atoms with Crippen molar-refractivity contribution in [3.05, 3.63) is 47.8 Å². The number of imidazole rings is 1. The van der Waals surface area contributed by atoms with Crippen molar-refractivity contribution >= 4 is 11.3 Å². The number of methoxy groups -OCH3 is 1. The zero-order chi connectivity index (χ0) is 14.3. The van der Waals surface area contributed by atoms with E-state index in [1.165, 1.54) is 0 Å². The van der Waals surface area contributed by atoms with Crippen molar-refractivity contribution in [2.75, 3.05) is 12.8 Å². The number of aryl methyl sites for hydroxylation is 2. The van der Waals surface area contributed by atoms with E-state index in [1.807, 2.05) is 48.7 Å². The third-order valence-corrected chi connectivity index (χ3v) is 3.61. The molecular formula is C16H17N3O. The second-order valence-electron chi connectivity index (χ2n) is 4.91. The van der Waals surface area contributed by atoms with Gasteiger partial charge in [-0.15, -0.1) is 0 Å². The maximum absolute atomic E-state index is 5.93. The average Bonchev–Trinajstić information content (AvgIpc) is 2.88. The number of nitrogen functional groups attached to an aromatic ring is 1. The predicted molar refractivity (Wildman–Crippen MR) is 81.1 cm³/mol. The lowest BCUT2D eigenvalue weighted by Crippen LogP contribution is -1.96. The zero-order valence-corrected chi connectivity index (χ0v) is 11.8. The van der Waals surface area contributed by atoms with E-state index in [2.05, 4.69) is 11.1 Å². The van der Waals surface area contributed by atoms with Gasteiger partial charge in [0.2, 0.25) is 0 Å². The number of pyridine rings is 1. The summed E-state index contributed by atoms with van der Waals surface area (Å²) < 4.78 is 7.31. The van der Waals surface area contributed by atoms with Gasteiger partial charge in [-0.1, -0.05) is 0 Å². The van der Waals surface area contributed by atoms with Gasteiger partial charge >= 0.3 is 0 Å². The summed E-state index contributed by atoms with van der Waals surface area (Å²) in [6.07, 6.45) is 2.02. The van der Waals surface area contributed by atoms with Crippen molar-refractivity contribution in [1.82, 2.24) is 9.38 Å². The van der Waals surface area contributed by atoms with E-state index in [0.29, 0.717) is 0 Å². The first-order valence-corrected chi connectivity index (χ1v) is 6.49. The molecule has 102 valence electrons. The summed E-state index contributed by atoms with van der Waals surface area (Å²) in [6.45, 7) is 4.02. The molecule has 0 aliphatic carbocycles. The van der Waals surface area contributed by atoms with E-state index in [9.17, 15) is 0 Å². The Morgan fingerprint density at radius 2 is 1.95 bits per heavy atom. The number of nitrogens with zero attached hydrogens (tertiary/aromatic N) is 2. The summed E-state index contributed by atoms with van der Waals surface area (Å²) in [5.74, 6) is 0.887. The smallest absolute Gasteiger partial charge is 0.137 e. The number of aromatic nitrogens is 2. The Hall–Kier alpha value is -2.49. The summed E-state index contributed by atoms with van der Waals surface area (Å²) >= 11 is 0. The van der Waals surface area contributed by atoms with E-state index in [4.69, 9.17) is 10.5 Å². The topological polar surface area (TPSA) is 52.5 Å².